The second-order valence-electron chi connectivity index (χ2n) is 5.29. The second-order valence-corrected chi connectivity index (χ2v) is 5.72. The first-order chi connectivity index (χ1) is 11.1. The van der Waals surface area contributed by atoms with E-state index in [2.05, 4.69) is 4.74 Å². The van der Waals surface area contributed by atoms with Gasteiger partial charge in [-0.1, -0.05) is 24.4 Å². The Bertz CT molecular complexity index is 574. The molecule has 5 nitrogen and oxygen atoms in total. The summed E-state index contributed by atoms with van der Waals surface area (Å²) in [7, 11) is 0. The summed E-state index contributed by atoms with van der Waals surface area (Å²) in [5, 5.41) is 10.5. The van der Waals surface area contributed by atoms with Gasteiger partial charge < -0.3 is 14.6 Å². The number of halogens is 1. The number of hydrogen-bond donors (Lipinski definition) is 1. The van der Waals surface area contributed by atoms with Crippen molar-refractivity contribution in [2.75, 3.05) is 13.2 Å². The first-order valence-corrected chi connectivity index (χ1v) is 7.96. The van der Waals surface area contributed by atoms with Crippen LogP contribution >= 0.6 is 11.6 Å². The Morgan fingerprint density at radius 1 is 1.13 bits per heavy atom. The zero-order valence-corrected chi connectivity index (χ0v) is 13.5. The molecule has 0 aromatic heterocycles. The molecule has 1 aromatic rings. The highest BCUT2D eigenvalue weighted by Gasteiger charge is 2.31. The molecule has 0 amide bonds. The van der Waals surface area contributed by atoms with Crippen LogP contribution in [0.5, 0.6) is 5.75 Å². The van der Waals surface area contributed by atoms with Gasteiger partial charge in [-0.05, 0) is 37.1 Å². The maximum atomic E-state index is 11.4. The van der Waals surface area contributed by atoms with E-state index in [1.807, 2.05) is 12.1 Å². The molecule has 1 aliphatic rings. The second kappa shape index (κ2) is 8.58. The number of carbonyl (C=O) groups is 2. The third kappa shape index (κ3) is 5.28. The van der Waals surface area contributed by atoms with E-state index in [9.17, 15) is 14.7 Å². The molecule has 1 heterocycles. The molecule has 124 valence electrons. The van der Waals surface area contributed by atoms with Crippen molar-refractivity contribution in [3.8, 4) is 5.75 Å². The zero-order valence-electron chi connectivity index (χ0n) is 12.7. The number of rotatable bonds is 8. The van der Waals surface area contributed by atoms with Crippen LogP contribution in [0.3, 0.4) is 0 Å². The zero-order chi connectivity index (χ0) is 16.7. The minimum absolute atomic E-state index is 0.157. The highest BCUT2D eigenvalue weighted by atomic mass is 35.5. The number of esters is 1. The van der Waals surface area contributed by atoms with E-state index in [-0.39, 0.29) is 17.9 Å². The largest absolute Gasteiger partial charge is 0.511 e. The molecular weight excluding hydrogens is 320 g/mol. The Morgan fingerprint density at radius 2 is 1.83 bits per heavy atom. The third-order valence-electron chi connectivity index (χ3n) is 3.50. The number of aliphatic hydroxyl groups excluding tert-OH is 1. The van der Waals surface area contributed by atoms with E-state index in [0.29, 0.717) is 24.5 Å². The number of ketones is 1. The maximum Gasteiger partial charge on any atom is 0.345 e. The molecule has 1 saturated heterocycles. The molecule has 0 aliphatic carbocycles. The lowest BCUT2D eigenvalue weighted by Crippen LogP contribution is -2.05. The van der Waals surface area contributed by atoms with E-state index in [1.165, 1.54) is 0 Å². The Hall–Kier alpha value is -2.01. The van der Waals surface area contributed by atoms with Gasteiger partial charge in [-0.2, -0.15) is 0 Å². The van der Waals surface area contributed by atoms with Crippen molar-refractivity contribution < 1.29 is 24.2 Å². The van der Waals surface area contributed by atoms with Crippen molar-refractivity contribution in [2.45, 2.75) is 32.1 Å². The van der Waals surface area contributed by atoms with Gasteiger partial charge in [0.15, 0.2) is 6.61 Å². The van der Waals surface area contributed by atoms with Crippen LogP contribution in [0.15, 0.2) is 35.6 Å². The monoisotopic (exact) mass is 338 g/mol. The third-order valence-corrected chi connectivity index (χ3v) is 3.75. The van der Waals surface area contributed by atoms with Crippen LogP contribution in [0.25, 0.3) is 0 Å². The molecule has 1 N–H and O–H groups in total. The van der Waals surface area contributed by atoms with Crippen molar-refractivity contribution >= 4 is 23.4 Å². The fraction of sp³-hybridized carbons (Fsp3) is 0.412. The van der Waals surface area contributed by atoms with E-state index in [0.717, 1.165) is 25.0 Å². The smallest absolute Gasteiger partial charge is 0.345 e. The van der Waals surface area contributed by atoms with Crippen LogP contribution in [-0.2, 0) is 14.3 Å². The van der Waals surface area contributed by atoms with Crippen molar-refractivity contribution in [1.82, 2.24) is 0 Å². The molecule has 0 saturated carbocycles. The maximum absolute atomic E-state index is 11.4. The van der Waals surface area contributed by atoms with Crippen LogP contribution in [0.4, 0.5) is 0 Å². The summed E-state index contributed by atoms with van der Waals surface area (Å²) in [5.41, 5.74) is -0.184. The molecule has 0 atom stereocenters. The standard InChI is InChI=1S/C17H19ClO5/c18-12-6-8-13(9-7-12)22-10-4-2-1-3-5-14(19)16-15(20)11-23-17(16)21/h6-9,19H,1-5,10-11H2. The number of allylic oxidation sites excluding steroid dienone is 1. The van der Waals surface area contributed by atoms with Crippen LogP contribution in [-0.4, -0.2) is 30.1 Å². The van der Waals surface area contributed by atoms with Gasteiger partial charge in [0.1, 0.15) is 17.1 Å². The molecule has 2 rings (SSSR count). The van der Waals surface area contributed by atoms with Crippen LogP contribution in [0.2, 0.25) is 5.02 Å². The SMILES string of the molecule is O=C1COC(=O)C1=C(O)CCCCCCOc1ccc(Cl)cc1. The minimum Gasteiger partial charge on any atom is -0.511 e. The molecule has 0 bridgehead atoms. The van der Waals surface area contributed by atoms with Gasteiger partial charge in [0, 0.05) is 11.4 Å². The van der Waals surface area contributed by atoms with Crippen LogP contribution in [0.1, 0.15) is 32.1 Å². The molecule has 0 spiro atoms. The number of Topliss-reactive ketones (excluding diaryl/α,β-unsaturated/α-hetero) is 1. The average molecular weight is 339 g/mol. The summed E-state index contributed by atoms with van der Waals surface area (Å²) < 4.78 is 10.2. The van der Waals surface area contributed by atoms with E-state index in [1.54, 1.807) is 12.1 Å². The molecule has 23 heavy (non-hydrogen) atoms. The molecule has 1 aromatic carbocycles. The molecule has 0 unspecified atom stereocenters. The fourth-order valence-corrected chi connectivity index (χ4v) is 2.39. The predicted molar refractivity (Wildman–Crippen MR) is 85.7 cm³/mol. The Labute approximate surface area is 139 Å². The van der Waals surface area contributed by atoms with E-state index >= 15 is 0 Å². The lowest BCUT2D eigenvalue weighted by atomic mass is 10.1. The Kier molecular flexibility index (Phi) is 6.47. The van der Waals surface area contributed by atoms with E-state index < -0.39 is 11.8 Å². The molecule has 1 fully saturated rings. The van der Waals surface area contributed by atoms with Gasteiger partial charge >= 0.3 is 5.97 Å². The van der Waals surface area contributed by atoms with Gasteiger partial charge in [-0.15, -0.1) is 0 Å². The predicted octanol–water partition coefficient (Wildman–Crippen LogP) is 3.61. The summed E-state index contributed by atoms with van der Waals surface area (Å²) >= 11 is 5.79. The number of cyclic esters (lactones) is 1. The van der Waals surface area contributed by atoms with Crippen molar-refractivity contribution in [3.63, 3.8) is 0 Å². The van der Waals surface area contributed by atoms with Crippen molar-refractivity contribution in [2.24, 2.45) is 0 Å². The van der Waals surface area contributed by atoms with Crippen LogP contribution < -0.4 is 4.74 Å². The van der Waals surface area contributed by atoms with Crippen molar-refractivity contribution in [1.29, 1.82) is 0 Å². The fourth-order valence-electron chi connectivity index (χ4n) is 2.26. The Morgan fingerprint density at radius 3 is 2.48 bits per heavy atom. The normalized spacial score (nSPS) is 16.4. The van der Waals surface area contributed by atoms with Gasteiger partial charge in [0.05, 0.1) is 6.61 Å². The topological polar surface area (TPSA) is 72.8 Å². The number of unbranched alkanes of at least 4 members (excludes halogenated alkanes) is 3. The summed E-state index contributed by atoms with van der Waals surface area (Å²) in [6.07, 6.45) is 3.73. The molecule has 0 radical (unpaired) electrons. The highest BCUT2D eigenvalue weighted by Crippen LogP contribution is 2.19. The van der Waals surface area contributed by atoms with Gasteiger partial charge in [-0.25, -0.2) is 4.79 Å². The quantitative estimate of drug-likeness (QED) is 0.258. The van der Waals surface area contributed by atoms with Crippen molar-refractivity contribution in [3.05, 3.63) is 40.6 Å². The van der Waals surface area contributed by atoms with Gasteiger partial charge in [0.25, 0.3) is 0 Å². The minimum atomic E-state index is -0.719. The lowest BCUT2D eigenvalue weighted by molar-refractivity contribution is -0.135. The first-order valence-electron chi connectivity index (χ1n) is 7.58. The Balaban J connectivity index is 1.59. The highest BCUT2D eigenvalue weighted by molar-refractivity contribution is 6.30. The summed E-state index contributed by atoms with van der Waals surface area (Å²) in [5.74, 6) is -0.530. The first kappa shape index (κ1) is 17.3. The van der Waals surface area contributed by atoms with E-state index in [4.69, 9.17) is 16.3 Å². The van der Waals surface area contributed by atoms with Gasteiger partial charge in [-0.3, -0.25) is 4.79 Å². The van der Waals surface area contributed by atoms with Gasteiger partial charge in [0.2, 0.25) is 5.78 Å². The number of aliphatic hydroxyl groups is 1. The number of hydrogen-bond acceptors (Lipinski definition) is 5. The summed E-state index contributed by atoms with van der Waals surface area (Å²) in [4.78, 5) is 22.6. The number of ether oxygens (including phenoxy) is 2. The molecule has 6 heteroatoms. The average Bonchev–Trinajstić information content (AvgIpc) is 2.87. The number of benzene rings is 1. The lowest BCUT2D eigenvalue weighted by Gasteiger charge is -2.06. The molecular formula is C17H19ClO5. The molecule has 1 aliphatic heterocycles. The van der Waals surface area contributed by atoms with Crippen LogP contribution in [0, 0.1) is 0 Å². The summed E-state index contributed by atoms with van der Waals surface area (Å²) in [6.45, 7) is 0.347. The number of carbonyl (C=O) groups excluding carboxylic acids is 2. The summed E-state index contributed by atoms with van der Waals surface area (Å²) in [6, 6.07) is 7.21.